The van der Waals surface area contributed by atoms with E-state index < -0.39 is 5.60 Å². The smallest absolute Gasteiger partial charge is 0.253 e. The van der Waals surface area contributed by atoms with Gasteiger partial charge < -0.3 is 19.7 Å². The van der Waals surface area contributed by atoms with Gasteiger partial charge in [0.1, 0.15) is 11.7 Å². The van der Waals surface area contributed by atoms with Gasteiger partial charge in [0.2, 0.25) is 0 Å². The van der Waals surface area contributed by atoms with Gasteiger partial charge in [-0.3, -0.25) is 9.59 Å². The van der Waals surface area contributed by atoms with Crippen LogP contribution in [-0.4, -0.2) is 54.7 Å². The number of nitrogens with one attached hydrogen (secondary N) is 1. The summed E-state index contributed by atoms with van der Waals surface area (Å²) in [6.45, 7) is 2.71. The van der Waals surface area contributed by atoms with E-state index in [-0.39, 0.29) is 41.9 Å². The summed E-state index contributed by atoms with van der Waals surface area (Å²) in [6.07, 6.45) is 0.0240. The summed E-state index contributed by atoms with van der Waals surface area (Å²) in [5, 5.41) is 3.16. The molecule has 43 heavy (non-hydrogen) atoms. The first-order valence-electron chi connectivity index (χ1n) is 15.2. The van der Waals surface area contributed by atoms with Crippen LogP contribution in [0.4, 0.5) is 0 Å². The van der Waals surface area contributed by atoms with Gasteiger partial charge in [-0.25, -0.2) is 0 Å². The van der Waals surface area contributed by atoms with Gasteiger partial charge in [-0.15, -0.1) is 0 Å². The van der Waals surface area contributed by atoms with Crippen LogP contribution in [0.25, 0.3) is 22.3 Å². The molecule has 5 aliphatic rings. The Balaban J connectivity index is 1.34. The standard InChI is InChI=1S/C37H32N2O4/c1-37-33-23-16-10-9-15-22(23)27-24-18-38-35(40)30(24)29-21-14-8-7-13-20(21)28(31(29)32(27)33)26(43-37)17-25(34(37)42-3)39(2)36(41)19-11-5-4-6-12-19/h4-16,25-26,28,33-34H,17-18H2,1-3H3,(H,38,40)/t25-,26+,28?,33?,34-,37-/m1/s1. The molecular weight excluding hydrogens is 536 g/mol. The Labute approximate surface area is 250 Å². The molecule has 0 saturated carbocycles. The highest BCUT2D eigenvalue weighted by molar-refractivity contribution is 6.11. The molecule has 6 heteroatoms. The van der Waals surface area contributed by atoms with E-state index in [2.05, 4.69) is 60.8 Å². The maximum absolute atomic E-state index is 13.9. The lowest BCUT2D eigenvalue weighted by Gasteiger charge is -2.52. The van der Waals surface area contributed by atoms with Crippen LogP contribution < -0.4 is 5.32 Å². The summed E-state index contributed by atoms with van der Waals surface area (Å²) in [5.74, 6) is -0.204. The Kier molecular flexibility index (Phi) is 5.08. The minimum atomic E-state index is -0.772. The molecule has 0 aromatic heterocycles. The highest BCUT2D eigenvalue weighted by Crippen LogP contribution is 2.66. The third-order valence-electron chi connectivity index (χ3n) is 10.9. The topological polar surface area (TPSA) is 67.9 Å². The molecule has 2 bridgehead atoms. The van der Waals surface area contributed by atoms with Crippen molar-refractivity contribution in [3.8, 4) is 22.3 Å². The van der Waals surface area contributed by atoms with Crippen LogP contribution in [0.5, 0.6) is 0 Å². The average molecular weight is 569 g/mol. The van der Waals surface area contributed by atoms with Crippen molar-refractivity contribution in [2.24, 2.45) is 0 Å². The van der Waals surface area contributed by atoms with Crippen LogP contribution in [0.2, 0.25) is 0 Å². The fraction of sp³-hybridized carbons (Fsp3) is 0.297. The second-order valence-corrected chi connectivity index (χ2v) is 12.8. The number of amides is 2. The van der Waals surface area contributed by atoms with Crippen molar-refractivity contribution in [3.05, 3.63) is 118 Å². The predicted molar refractivity (Wildman–Crippen MR) is 163 cm³/mol. The van der Waals surface area contributed by atoms with Gasteiger partial charge in [0, 0.05) is 38.1 Å². The monoisotopic (exact) mass is 568 g/mol. The maximum Gasteiger partial charge on any atom is 0.253 e. The van der Waals surface area contributed by atoms with Crippen molar-refractivity contribution in [1.29, 1.82) is 0 Å². The molecule has 4 aromatic rings. The van der Waals surface area contributed by atoms with Gasteiger partial charge in [0.15, 0.2) is 0 Å². The van der Waals surface area contributed by atoms with Crippen molar-refractivity contribution in [3.63, 3.8) is 0 Å². The number of hydrogen-bond acceptors (Lipinski definition) is 4. The van der Waals surface area contributed by atoms with Crippen LogP contribution in [0.15, 0.2) is 78.9 Å². The molecule has 2 amide bonds. The first kappa shape index (κ1) is 25.3. The number of likely N-dealkylation sites (N-methyl/N-ethyl adjacent to an activating group) is 1. The zero-order valence-corrected chi connectivity index (χ0v) is 24.4. The van der Waals surface area contributed by atoms with Crippen molar-refractivity contribution in [1.82, 2.24) is 10.2 Å². The lowest BCUT2D eigenvalue weighted by Crippen LogP contribution is -2.64. The van der Waals surface area contributed by atoms with Gasteiger partial charge in [-0.1, -0.05) is 66.7 Å². The minimum Gasteiger partial charge on any atom is -0.376 e. The molecule has 214 valence electrons. The zero-order valence-electron chi connectivity index (χ0n) is 24.4. The third kappa shape index (κ3) is 3.05. The molecule has 2 aliphatic carbocycles. The number of carbonyl (C=O) groups is 2. The summed E-state index contributed by atoms with van der Waals surface area (Å²) < 4.78 is 13.8. The Morgan fingerprint density at radius 3 is 2.33 bits per heavy atom. The molecule has 4 aromatic carbocycles. The quantitative estimate of drug-likeness (QED) is 0.336. The molecule has 9 rings (SSSR count). The summed E-state index contributed by atoms with van der Waals surface area (Å²) in [5.41, 5.74) is 11.2. The fourth-order valence-corrected chi connectivity index (χ4v) is 9.31. The van der Waals surface area contributed by atoms with Gasteiger partial charge in [-0.05, 0) is 75.5 Å². The number of ether oxygens (including phenoxy) is 2. The SMILES string of the molecule is CO[C@@H]1[C@H](N(C)C(=O)c2ccccc2)C[C@@H]2O[C@]1(C)C1c3ccccc3-c3c4c(c5c(c31)C2c1ccccc1-5)C(=O)NC4. The minimum absolute atomic E-state index is 0.000573. The van der Waals surface area contributed by atoms with Crippen molar-refractivity contribution in [2.45, 2.75) is 55.6 Å². The van der Waals surface area contributed by atoms with E-state index in [1.54, 1.807) is 7.11 Å². The predicted octanol–water partition coefficient (Wildman–Crippen LogP) is 5.87. The Morgan fingerprint density at radius 2 is 1.58 bits per heavy atom. The van der Waals surface area contributed by atoms with Gasteiger partial charge in [-0.2, -0.15) is 0 Å². The maximum atomic E-state index is 13.9. The number of rotatable bonds is 3. The number of hydrogen-bond donors (Lipinski definition) is 1. The lowest BCUT2D eigenvalue weighted by atomic mass is 9.73. The highest BCUT2D eigenvalue weighted by Gasteiger charge is 2.62. The van der Waals surface area contributed by atoms with Crippen LogP contribution in [-0.2, 0) is 16.0 Å². The van der Waals surface area contributed by atoms with Gasteiger partial charge >= 0.3 is 0 Å². The number of methoxy groups -OCH3 is 1. The summed E-state index contributed by atoms with van der Waals surface area (Å²) in [4.78, 5) is 29.4. The largest absolute Gasteiger partial charge is 0.376 e. The lowest BCUT2D eigenvalue weighted by molar-refractivity contribution is -0.215. The molecule has 0 spiro atoms. The molecule has 1 saturated heterocycles. The van der Waals surface area contributed by atoms with Crippen LogP contribution in [0.3, 0.4) is 0 Å². The highest BCUT2D eigenvalue weighted by atomic mass is 16.6. The molecule has 6 nitrogen and oxygen atoms in total. The van der Waals surface area contributed by atoms with Gasteiger partial charge in [0.05, 0.1) is 17.7 Å². The van der Waals surface area contributed by atoms with Gasteiger partial charge in [0.25, 0.3) is 11.8 Å². The molecule has 6 atom stereocenters. The number of benzene rings is 4. The Bertz CT molecular complexity index is 1880. The van der Waals surface area contributed by atoms with Crippen LogP contribution in [0.1, 0.15) is 73.7 Å². The first-order chi connectivity index (χ1) is 20.9. The number of nitrogens with zero attached hydrogens (tertiary/aromatic N) is 1. The second kappa shape index (κ2) is 8.65. The van der Waals surface area contributed by atoms with Crippen molar-refractivity contribution < 1.29 is 19.1 Å². The Morgan fingerprint density at radius 1 is 0.907 bits per heavy atom. The summed E-state index contributed by atoms with van der Waals surface area (Å²) in [7, 11) is 3.65. The molecule has 2 unspecified atom stereocenters. The zero-order chi connectivity index (χ0) is 29.2. The van der Waals surface area contributed by atoms with E-state index in [9.17, 15) is 9.59 Å². The van der Waals surface area contributed by atoms with Crippen LogP contribution >= 0.6 is 0 Å². The van der Waals surface area contributed by atoms with Crippen molar-refractivity contribution >= 4 is 11.8 Å². The average Bonchev–Trinajstić information content (AvgIpc) is 3.68. The van der Waals surface area contributed by atoms with Crippen LogP contribution in [0, 0.1) is 0 Å². The molecule has 1 N–H and O–H groups in total. The van der Waals surface area contributed by atoms with E-state index in [0.717, 1.165) is 22.3 Å². The van der Waals surface area contributed by atoms with E-state index in [1.807, 2.05) is 42.3 Å². The van der Waals surface area contributed by atoms with E-state index in [4.69, 9.17) is 9.47 Å². The molecule has 1 fully saturated rings. The van der Waals surface area contributed by atoms with E-state index in [0.29, 0.717) is 18.5 Å². The molecule has 3 heterocycles. The normalized spacial score (nSPS) is 28.3. The van der Waals surface area contributed by atoms with E-state index >= 15 is 0 Å². The molecule has 0 radical (unpaired) electrons. The third-order valence-corrected chi connectivity index (χ3v) is 10.9. The number of carbonyl (C=O) groups excluding carboxylic acids is 2. The second-order valence-electron chi connectivity index (χ2n) is 12.8. The summed E-state index contributed by atoms with van der Waals surface area (Å²) in [6, 6.07) is 26.4. The molecular formula is C37H32N2O4. The first-order valence-corrected chi connectivity index (χ1v) is 15.2. The fourth-order valence-electron chi connectivity index (χ4n) is 9.31. The Hall–Kier alpha value is -4.26. The van der Waals surface area contributed by atoms with Crippen molar-refractivity contribution in [2.75, 3.05) is 14.2 Å². The van der Waals surface area contributed by atoms with E-state index in [1.165, 1.54) is 33.4 Å². The molecule has 3 aliphatic heterocycles. The number of fused-ring (bicyclic) bond motifs is 13. The summed E-state index contributed by atoms with van der Waals surface area (Å²) >= 11 is 0.